The van der Waals surface area contributed by atoms with Crippen LogP contribution in [0.15, 0.2) is 35.5 Å². The third-order valence-electron chi connectivity index (χ3n) is 6.93. The van der Waals surface area contributed by atoms with Crippen LogP contribution in [0.5, 0.6) is 0 Å². The van der Waals surface area contributed by atoms with Crippen LogP contribution in [-0.4, -0.2) is 77.0 Å². The van der Waals surface area contributed by atoms with Crippen LogP contribution >= 0.6 is 0 Å². The summed E-state index contributed by atoms with van der Waals surface area (Å²) >= 11 is 0. The molecule has 14 heteroatoms. The lowest BCUT2D eigenvalue weighted by Crippen LogP contribution is -2.57. The molecular weight excluding hydrogens is 554 g/mol. The van der Waals surface area contributed by atoms with E-state index in [-0.39, 0.29) is 37.7 Å². The normalized spacial score (nSPS) is 14.0. The first kappa shape index (κ1) is 35.0. The van der Waals surface area contributed by atoms with Gasteiger partial charge in [0.15, 0.2) is 5.96 Å². The maximum absolute atomic E-state index is 13.6. The van der Waals surface area contributed by atoms with Crippen molar-refractivity contribution in [1.82, 2.24) is 20.9 Å². The maximum atomic E-state index is 13.6. The minimum Gasteiger partial charge on any atom is -0.480 e. The fraction of sp³-hybridized carbons (Fsp3) is 0.552. The summed E-state index contributed by atoms with van der Waals surface area (Å²) in [5.41, 5.74) is 23.9. The Morgan fingerprint density at radius 1 is 0.907 bits per heavy atom. The van der Waals surface area contributed by atoms with Crippen LogP contribution in [0.1, 0.15) is 57.9 Å². The van der Waals surface area contributed by atoms with Gasteiger partial charge in [-0.15, -0.1) is 0 Å². The van der Waals surface area contributed by atoms with Crippen molar-refractivity contribution in [2.24, 2.45) is 33.8 Å². The number of amides is 3. The number of aliphatic carboxylic acids is 1. The molecule has 0 bridgehead atoms. The second kappa shape index (κ2) is 17.7. The number of hydrogen-bond donors (Lipinski definition) is 9. The number of hydrogen-bond acceptors (Lipinski definition) is 7. The van der Waals surface area contributed by atoms with E-state index in [1.807, 2.05) is 38.1 Å². The van der Waals surface area contributed by atoms with Crippen LogP contribution in [0, 0.1) is 5.92 Å². The Labute approximate surface area is 251 Å². The van der Waals surface area contributed by atoms with Gasteiger partial charge in [0, 0.05) is 30.1 Å². The lowest BCUT2D eigenvalue weighted by molar-refractivity contribution is -0.142. The molecule has 0 aliphatic rings. The maximum Gasteiger partial charge on any atom is 0.326 e. The first-order valence-corrected chi connectivity index (χ1v) is 14.6. The summed E-state index contributed by atoms with van der Waals surface area (Å²) in [5, 5.41) is 18.6. The number of nitrogens with two attached hydrogens (primary N) is 4. The number of carbonyl (C=O) groups excluding carboxylic acids is 3. The van der Waals surface area contributed by atoms with Gasteiger partial charge in [-0.05, 0) is 62.6 Å². The van der Waals surface area contributed by atoms with Gasteiger partial charge in [0.25, 0.3) is 0 Å². The van der Waals surface area contributed by atoms with Gasteiger partial charge in [-0.2, -0.15) is 0 Å². The Balaban J connectivity index is 2.29. The Hall–Kier alpha value is -4.17. The number of nitrogens with zero attached hydrogens (tertiary/aromatic N) is 1. The second-order valence-electron chi connectivity index (χ2n) is 11.1. The molecule has 4 unspecified atom stereocenters. The molecule has 2 rings (SSSR count). The molecule has 0 aliphatic carbocycles. The smallest absolute Gasteiger partial charge is 0.326 e. The van der Waals surface area contributed by atoms with E-state index in [0.29, 0.717) is 32.2 Å². The molecule has 0 fully saturated rings. The van der Waals surface area contributed by atoms with Crippen LogP contribution < -0.4 is 38.9 Å². The number of aromatic amines is 1. The summed E-state index contributed by atoms with van der Waals surface area (Å²) in [4.78, 5) is 58.9. The highest BCUT2D eigenvalue weighted by Crippen LogP contribution is 2.19. The number of fused-ring (bicyclic) bond motifs is 1. The standard InChI is InChI=1S/C29H47N9O5/c1-17(2)14-20(31)25(39)36-22(10-5-6-12-30)26(40)38-24(15-18-16-35-21-9-4-3-8-19(18)21)27(41)37-23(28(42)43)11-7-13-34-29(32)33/h3-4,8-9,16-17,20,22-24,35H,5-7,10-15,30-31H2,1-2H3,(H,36,39)(H,37,41)(H,38,40)(H,42,43)(H4,32,33,34). The number of nitrogens with one attached hydrogen (secondary N) is 4. The van der Waals surface area contributed by atoms with E-state index < -0.39 is 47.9 Å². The largest absolute Gasteiger partial charge is 0.480 e. The summed E-state index contributed by atoms with van der Waals surface area (Å²) in [5.74, 6) is -2.91. The quantitative estimate of drug-likeness (QED) is 0.0586. The van der Waals surface area contributed by atoms with Crippen molar-refractivity contribution in [3.8, 4) is 0 Å². The number of para-hydroxylation sites is 1. The molecule has 2 aromatic rings. The minimum absolute atomic E-state index is 0.0666. The fourth-order valence-corrected chi connectivity index (χ4v) is 4.69. The van der Waals surface area contributed by atoms with Crippen LogP contribution in [0.25, 0.3) is 10.9 Å². The Morgan fingerprint density at radius 2 is 1.53 bits per heavy atom. The molecule has 0 aliphatic heterocycles. The number of aromatic nitrogens is 1. The predicted octanol–water partition coefficient (Wildman–Crippen LogP) is -0.195. The lowest BCUT2D eigenvalue weighted by atomic mass is 10.0. The summed E-state index contributed by atoms with van der Waals surface area (Å²) in [6.07, 6.45) is 4.10. The van der Waals surface area contributed by atoms with Gasteiger partial charge in [-0.25, -0.2) is 4.79 Å². The zero-order chi connectivity index (χ0) is 31.9. The van der Waals surface area contributed by atoms with Crippen molar-refractivity contribution in [2.45, 2.75) is 83.0 Å². The molecule has 4 atom stereocenters. The lowest BCUT2D eigenvalue weighted by Gasteiger charge is -2.25. The van der Waals surface area contributed by atoms with Gasteiger partial charge >= 0.3 is 5.97 Å². The van der Waals surface area contributed by atoms with Crippen molar-refractivity contribution < 1.29 is 24.3 Å². The average molecular weight is 602 g/mol. The van der Waals surface area contributed by atoms with Crippen LogP contribution in [0.4, 0.5) is 0 Å². The zero-order valence-electron chi connectivity index (χ0n) is 25.0. The third kappa shape index (κ3) is 11.9. The number of guanidine groups is 1. The van der Waals surface area contributed by atoms with E-state index in [0.717, 1.165) is 16.5 Å². The number of carboxylic acids is 1. The van der Waals surface area contributed by atoms with Gasteiger partial charge < -0.3 is 49.0 Å². The Bertz CT molecular complexity index is 1240. The van der Waals surface area contributed by atoms with Crippen molar-refractivity contribution >= 4 is 40.6 Å². The van der Waals surface area contributed by atoms with Gasteiger partial charge in [-0.3, -0.25) is 19.4 Å². The molecule has 0 spiro atoms. The first-order valence-electron chi connectivity index (χ1n) is 14.6. The molecule has 13 N–H and O–H groups in total. The van der Waals surface area contributed by atoms with E-state index >= 15 is 0 Å². The second-order valence-corrected chi connectivity index (χ2v) is 11.1. The molecule has 1 aromatic carbocycles. The average Bonchev–Trinajstić information content (AvgIpc) is 3.35. The number of rotatable bonds is 19. The summed E-state index contributed by atoms with van der Waals surface area (Å²) < 4.78 is 0. The molecule has 1 heterocycles. The van der Waals surface area contributed by atoms with Crippen LogP contribution in [0.3, 0.4) is 0 Å². The number of carbonyl (C=O) groups is 4. The van der Waals surface area contributed by atoms with E-state index in [1.165, 1.54) is 0 Å². The number of H-pyrrole nitrogens is 1. The fourth-order valence-electron chi connectivity index (χ4n) is 4.69. The molecule has 0 radical (unpaired) electrons. The van der Waals surface area contributed by atoms with Gasteiger partial charge in [0.05, 0.1) is 6.04 Å². The highest BCUT2D eigenvalue weighted by atomic mass is 16.4. The van der Waals surface area contributed by atoms with Crippen molar-refractivity contribution in [3.63, 3.8) is 0 Å². The van der Waals surface area contributed by atoms with Gasteiger partial charge in [0.1, 0.15) is 18.1 Å². The van der Waals surface area contributed by atoms with Crippen LogP contribution in [0.2, 0.25) is 0 Å². The van der Waals surface area contributed by atoms with Crippen molar-refractivity contribution in [1.29, 1.82) is 0 Å². The van der Waals surface area contributed by atoms with E-state index in [9.17, 15) is 24.3 Å². The van der Waals surface area contributed by atoms with Gasteiger partial charge in [0.2, 0.25) is 17.7 Å². The first-order chi connectivity index (χ1) is 20.4. The Morgan fingerprint density at radius 3 is 2.19 bits per heavy atom. The molecule has 14 nitrogen and oxygen atoms in total. The Kier molecular flexibility index (Phi) is 14.4. The summed E-state index contributed by atoms with van der Waals surface area (Å²) in [6, 6.07) is 3.33. The van der Waals surface area contributed by atoms with Crippen LogP contribution in [-0.2, 0) is 25.6 Å². The molecule has 1 aromatic heterocycles. The molecule has 43 heavy (non-hydrogen) atoms. The minimum atomic E-state index is -1.24. The number of carboxylic acid groups (broad SMARTS) is 1. The zero-order valence-corrected chi connectivity index (χ0v) is 25.0. The van der Waals surface area contributed by atoms with E-state index in [4.69, 9.17) is 22.9 Å². The van der Waals surface area contributed by atoms with Crippen molar-refractivity contribution in [3.05, 3.63) is 36.0 Å². The van der Waals surface area contributed by atoms with E-state index in [2.05, 4.69) is 25.9 Å². The number of unbranched alkanes of at least 4 members (excludes halogenated alkanes) is 1. The molecule has 0 saturated heterocycles. The summed E-state index contributed by atoms with van der Waals surface area (Å²) in [7, 11) is 0. The molecule has 0 saturated carbocycles. The monoisotopic (exact) mass is 601 g/mol. The van der Waals surface area contributed by atoms with Gasteiger partial charge in [-0.1, -0.05) is 32.0 Å². The topological polar surface area (TPSA) is 257 Å². The SMILES string of the molecule is CC(C)CC(N)C(=O)NC(CCCCN)C(=O)NC(Cc1c[nH]c2ccccc12)C(=O)NC(CCCN=C(N)N)C(=O)O. The molecule has 238 valence electrons. The number of benzene rings is 1. The molecular formula is C29H47N9O5. The van der Waals surface area contributed by atoms with E-state index in [1.54, 1.807) is 6.20 Å². The summed E-state index contributed by atoms with van der Waals surface area (Å²) in [6.45, 7) is 4.50. The predicted molar refractivity (Wildman–Crippen MR) is 166 cm³/mol. The highest BCUT2D eigenvalue weighted by Gasteiger charge is 2.31. The highest BCUT2D eigenvalue weighted by molar-refractivity contribution is 5.94. The third-order valence-corrected chi connectivity index (χ3v) is 6.93. The number of aliphatic imine (C=N–C) groups is 1. The van der Waals surface area contributed by atoms with Crippen molar-refractivity contribution in [2.75, 3.05) is 13.1 Å². The molecule has 3 amide bonds.